The van der Waals surface area contributed by atoms with Gasteiger partial charge in [0.25, 0.3) is 0 Å². The van der Waals surface area contributed by atoms with Gasteiger partial charge in [0, 0.05) is 22.3 Å². The predicted octanol–water partition coefficient (Wildman–Crippen LogP) is 3.62. The van der Waals surface area contributed by atoms with Gasteiger partial charge in [0.1, 0.15) is 5.69 Å². The van der Waals surface area contributed by atoms with Crippen molar-refractivity contribution in [2.75, 3.05) is 0 Å². The number of benzene rings is 1. The number of hydrogen-bond acceptors (Lipinski definition) is 3. The molecule has 0 atom stereocenters. The number of nitrogens with zero attached hydrogens (tertiary/aromatic N) is 2. The minimum absolute atomic E-state index is 0.114. The average molecular weight is 313 g/mol. The van der Waals surface area contributed by atoms with E-state index in [9.17, 15) is 4.79 Å². The van der Waals surface area contributed by atoms with Crippen LogP contribution in [0.15, 0.2) is 59.3 Å². The van der Waals surface area contributed by atoms with Crippen LogP contribution in [-0.4, -0.2) is 15.8 Å². The molecule has 3 nitrogen and oxygen atoms in total. The maximum absolute atomic E-state index is 12.5. The summed E-state index contributed by atoms with van der Waals surface area (Å²) in [6.07, 6.45) is 3.31. The fourth-order valence-corrected chi connectivity index (χ4v) is 2.17. The van der Waals surface area contributed by atoms with E-state index in [1.807, 2.05) is 24.3 Å². The van der Waals surface area contributed by atoms with Gasteiger partial charge >= 0.3 is 0 Å². The predicted molar refractivity (Wildman–Crippen MR) is 77.1 cm³/mol. The van der Waals surface area contributed by atoms with Crippen molar-refractivity contribution in [3.05, 3.63) is 70.6 Å². The zero-order chi connectivity index (χ0) is 13.2. The Balaban J connectivity index is 2.14. The van der Waals surface area contributed by atoms with Crippen molar-refractivity contribution in [1.82, 2.24) is 9.97 Å². The standard InChI is InChI=1S/C15H9BrN2O/c16-11-6-7-13(18-9-11)15(19)12-5-1-3-10-4-2-8-17-14(10)12/h1-9H. The van der Waals surface area contributed by atoms with Gasteiger partial charge < -0.3 is 0 Å². The lowest BCUT2D eigenvalue weighted by Crippen LogP contribution is -2.05. The van der Waals surface area contributed by atoms with Gasteiger partial charge in [-0.15, -0.1) is 0 Å². The van der Waals surface area contributed by atoms with Crippen molar-refractivity contribution in [2.24, 2.45) is 0 Å². The van der Waals surface area contributed by atoms with Crippen molar-refractivity contribution < 1.29 is 4.79 Å². The molecule has 0 aliphatic carbocycles. The van der Waals surface area contributed by atoms with Crippen LogP contribution < -0.4 is 0 Å². The molecule has 0 aliphatic heterocycles. The molecule has 2 heterocycles. The topological polar surface area (TPSA) is 42.9 Å². The first-order chi connectivity index (χ1) is 9.25. The highest BCUT2D eigenvalue weighted by atomic mass is 79.9. The number of fused-ring (bicyclic) bond motifs is 1. The smallest absolute Gasteiger partial charge is 0.213 e. The van der Waals surface area contributed by atoms with Gasteiger partial charge in [-0.25, -0.2) is 0 Å². The van der Waals surface area contributed by atoms with E-state index in [0.29, 0.717) is 16.8 Å². The third-order valence-corrected chi connectivity index (χ3v) is 3.31. The third-order valence-electron chi connectivity index (χ3n) is 2.84. The van der Waals surface area contributed by atoms with Gasteiger partial charge in [-0.3, -0.25) is 14.8 Å². The third kappa shape index (κ3) is 2.27. The van der Waals surface area contributed by atoms with Crippen LogP contribution in [0, 0.1) is 0 Å². The molecule has 0 radical (unpaired) electrons. The Bertz CT molecular complexity index is 748. The Morgan fingerprint density at radius 2 is 1.84 bits per heavy atom. The van der Waals surface area contributed by atoms with Crippen molar-refractivity contribution in [1.29, 1.82) is 0 Å². The summed E-state index contributed by atoms with van der Waals surface area (Å²) in [6, 6.07) is 12.9. The van der Waals surface area contributed by atoms with Crippen LogP contribution in [0.2, 0.25) is 0 Å². The first kappa shape index (κ1) is 12.0. The minimum Gasteiger partial charge on any atom is -0.287 e. The highest BCUT2D eigenvalue weighted by Crippen LogP contribution is 2.19. The molecular weight excluding hydrogens is 304 g/mol. The molecule has 2 aromatic heterocycles. The summed E-state index contributed by atoms with van der Waals surface area (Å²) < 4.78 is 0.847. The second-order valence-corrected chi connectivity index (χ2v) is 4.99. The highest BCUT2D eigenvalue weighted by molar-refractivity contribution is 9.10. The monoisotopic (exact) mass is 312 g/mol. The lowest BCUT2D eigenvalue weighted by atomic mass is 10.0. The Labute approximate surface area is 118 Å². The van der Waals surface area contributed by atoms with Crippen LogP contribution in [0.3, 0.4) is 0 Å². The molecular formula is C15H9BrN2O. The van der Waals surface area contributed by atoms with Gasteiger partial charge in [0.15, 0.2) is 0 Å². The first-order valence-corrected chi connectivity index (χ1v) is 6.55. The largest absolute Gasteiger partial charge is 0.287 e. The Morgan fingerprint density at radius 3 is 2.63 bits per heavy atom. The number of halogens is 1. The first-order valence-electron chi connectivity index (χ1n) is 5.76. The Hall–Kier alpha value is -2.07. The normalized spacial score (nSPS) is 10.6. The van der Waals surface area contributed by atoms with Crippen molar-refractivity contribution in [2.45, 2.75) is 0 Å². The number of rotatable bonds is 2. The van der Waals surface area contributed by atoms with Crippen LogP contribution in [-0.2, 0) is 0 Å². The van der Waals surface area contributed by atoms with Crippen LogP contribution in [0.4, 0.5) is 0 Å². The molecule has 0 saturated carbocycles. The lowest BCUT2D eigenvalue weighted by molar-refractivity contribution is 0.103. The summed E-state index contributed by atoms with van der Waals surface area (Å²) in [6.45, 7) is 0. The van der Waals surface area contributed by atoms with E-state index in [1.54, 1.807) is 30.6 Å². The molecule has 92 valence electrons. The molecule has 0 unspecified atom stereocenters. The molecule has 19 heavy (non-hydrogen) atoms. The number of aromatic nitrogens is 2. The lowest BCUT2D eigenvalue weighted by Gasteiger charge is -2.04. The van der Waals surface area contributed by atoms with Gasteiger partial charge in [-0.2, -0.15) is 0 Å². The van der Waals surface area contributed by atoms with Crippen molar-refractivity contribution in [3.8, 4) is 0 Å². The fourth-order valence-electron chi connectivity index (χ4n) is 1.94. The molecule has 3 rings (SSSR count). The second-order valence-electron chi connectivity index (χ2n) is 4.07. The van der Waals surface area contributed by atoms with E-state index in [4.69, 9.17) is 0 Å². The summed E-state index contributed by atoms with van der Waals surface area (Å²) in [5, 5.41) is 0.950. The zero-order valence-electron chi connectivity index (χ0n) is 9.88. The molecule has 0 amide bonds. The molecule has 0 bridgehead atoms. The summed E-state index contributed by atoms with van der Waals surface area (Å²) >= 11 is 3.30. The van der Waals surface area contributed by atoms with Crippen LogP contribution in [0.25, 0.3) is 10.9 Å². The number of para-hydroxylation sites is 1. The summed E-state index contributed by atoms with van der Waals surface area (Å²) in [7, 11) is 0. The number of hydrogen-bond donors (Lipinski definition) is 0. The maximum Gasteiger partial charge on any atom is 0.213 e. The van der Waals surface area contributed by atoms with E-state index in [1.165, 1.54) is 0 Å². The highest BCUT2D eigenvalue weighted by Gasteiger charge is 2.14. The van der Waals surface area contributed by atoms with E-state index in [2.05, 4.69) is 25.9 Å². The Kier molecular flexibility index (Phi) is 3.09. The number of carbonyl (C=O) groups excluding carboxylic acids is 1. The van der Waals surface area contributed by atoms with Gasteiger partial charge in [-0.05, 0) is 40.2 Å². The van der Waals surface area contributed by atoms with Gasteiger partial charge in [0.05, 0.1) is 11.1 Å². The van der Waals surface area contributed by atoms with E-state index >= 15 is 0 Å². The van der Waals surface area contributed by atoms with E-state index in [-0.39, 0.29) is 5.78 Å². The second kappa shape index (κ2) is 4.90. The Morgan fingerprint density at radius 1 is 1.00 bits per heavy atom. The van der Waals surface area contributed by atoms with Crippen LogP contribution in [0.1, 0.15) is 16.1 Å². The quantitative estimate of drug-likeness (QED) is 0.679. The molecule has 1 aromatic carbocycles. The van der Waals surface area contributed by atoms with Gasteiger partial charge in [-0.1, -0.05) is 18.2 Å². The van der Waals surface area contributed by atoms with Crippen LogP contribution in [0.5, 0.6) is 0 Å². The molecule has 0 N–H and O–H groups in total. The molecule has 4 heteroatoms. The summed E-state index contributed by atoms with van der Waals surface area (Å²) in [5.74, 6) is -0.114. The molecule has 0 fully saturated rings. The SMILES string of the molecule is O=C(c1ccc(Br)cn1)c1cccc2cccnc12. The van der Waals surface area contributed by atoms with E-state index in [0.717, 1.165) is 9.86 Å². The zero-order valence-corrected chi connectivity index (χ0v) is 11.5. The van der Waals surface area contributed by atoms with Crippen molar-refractivity contribution in [3.63, 3.8) is 0 Å². The van der Waals surface area contributed by atoms with Crippen LogP contribution >= 0.6 is 15.9 Å². The minimum atomic E-state index is -0.114. The molecule has 0 spiro atoms. The molecule has 0 aliphatic rings. The van der Waals surface area contributed by atoms with Crippen molar-refractivity contribution >= 4 is 32.6 Å². The summed E-state index contributed by atoms with van der Waals surface area (Å²) in [5.41, 5.74) is 1.70. The van der Waals surface area contributed by atoms with Gasteiger partial charge in [0.2, 0.25) is 5.78 Å². The number of ketones is 1. The summed E-state index contributed by atoms with van der Waals surface area (Å²) in [4.78, 5) is 20.9. The van der Waals surface area contributed by atoms with E-state index < -0.39 is 0 Å². The maximum atomic E-state index is 12.5. The average Bonchev–Trinajstić information content (AvgIpc) is 2.47. The molecule has 3 aromatic rings. The fraction of sp³-hybridized carbons (Fsp3) is 0. The molecule has 0 saturated heterocycles. The number of pyridine rings is 2. The number of carbonyl (C=O) groups is 1.